The van der Waals surface area contributed by atoms with Crippen LogP contribution in [0.2, 0.25) is 0 Å². The largest absolute Gasteiger partial charge is 0.493 e. The van der Waals surface area contributed by atoms with Crippen LogP contribution >= 0.6 is 0 Å². The summed E-state index contributed by atoms with van der Waals surface area (Å²) in [6.45, 7) is 7.71. The molecule has 0 bridgehead atoms. The molecule has 1 aromatic heterocycles. The van der Waals surface area contributed by atoms with Crippen LogP contribution in [-0.2, 0) is 11.2 Å². The van der Waals surface area contributed by atoms with E-state index in [1.165, 1.54) is 11.3 Å². The molecule has 0 aliphatic carbocycles. The summed E-state index contributed by atoms with van der Waals surface area (Å²) in [6.07, 6.45) is 8.41. The van der Waals surface area contributed by atoms with E-state index in [1.54, 1.807) is 6.08 Å². The minimum Gasteiger partial charge on any atom is -0.493 e. The Labute approximate surface area is 171 Å². The molecule has 29 heavy (non-hydrogen) atoms. The Balaban J connectivity index is 1.42. The van der Waals surface area contributed by atoms with E-state index in [9.17, 15) is 4.79 Å². The second-order valence-corrected chi connectivity index (χ2v) is 7.47. The number of benzene rings is 1. The van der Waals surface area contributed by atoms with Crippen LogP contribution in [0, 0.1) is 0 Å². The maximum atomic E-state index is 12.7. The van der Waals surface area contributed by atoms with E-state index < -0.39 is 0 Å². The topological polar surface area (TPSA) is 56.2 Å². The van der Waals surface area contributed by atoms with E-state index >= 15 is 0 Å². The third-order valence-electron chi connectivity index (χ3n) is 5.39. The molecule has 0 radical (unpaired) electrons. The lowest BCUT2D eigenvalue weighted by atomic mass is 10.1. The van der Waals surface area contributed by atoms with Gasteiger partial charge >= 0.3 is 0 Å². The van der Waals surface area contributed by atoms with Gasteiger partial charge in [-0.15, -0.1) is 0 Å². The van der Waals surface area contributed by atoms with Gasteiger partial charge in [0.2, 0.25) is 5.91 Å². The first kappa shape index (κ1) is 19.3. The minimum absolute atomic E-state index is 0.0308. The highest BCUT2D eigenvalue weighted by molar-refractivity contribution is 5.92. The molecule has 1 saturated heterocycles. The quantitative estimate of drug-likeness (QED) is 0.732. The van der Waals surface area contributed by atoms with Gasteiger partial charge in [-0.1, -0.05) is 0 Å². The van der Waals surface area contributed by atoms with Gasteiger partial charge in [0, 0.05) is 67.6 Å². The van der Waals surface area contributed by atoms with Crippen LogP contribution in [0.15, 0.2) is 42.7 Å². The van der Waals surface area contributed by atoms with Crippen LogP contribution in [0.1, 0.15) is 25.0 Å². The molecule has 2 aliphatic heterocycles. The van der Waals surface area contributed by atoms with Gasteiger partial charge in [-0.05, 0) is 32.1 Å². The average molecular weight is 394 g/mol. The third-order valence-corrected chi connectivity index (χ3v) is 5.39. The van der Waals surface area contributed by atoms with E-state index in [0.29, 0.717) is 19.7 Å². The van der Waals surface area contributed by atoms with Gasteiger partial charge in [-0.3, -0.25) is 4.79 Å². The molecule has 0 saturated carbocycles. The second kappa shape index (κ2) is 8.55. The van der Waals surface area contributed by atoms with Crippen LogP contribution in [0.3, 0.4) is 0 Å². The van der Waals surface area contributed by atoms with Gasteiger partial charge in [0.05, 0.1) is 6.61 Å². The van der Waals surface area contributed by atoms with Crippen molar-refractivity contribution in [2.24, 2.45) is 0 Å². The number of nitrogens with zero attached hydrogens (tertiary/aromatic N) is 2. The molecule has 3 heterocycles. The van der Waals surface area contributed by atoms with Crippen molar-refractivity contribution in [3.8, 4) is 11.5 Å². The van der Waals surface area contributed by atoms with Gasteiger partial charge < -0.3 is 19.3 Å². The van der Waals surface area contributed by atoms with Crippen LogP contribution in [0.4, 0.5) is 5.69 Å². The molecule has 2 aromatic rings. The van der Waals surface area contributed by atoms with E-state index in [2.05, 4.69) is 28.9 Å². The van der Waals surface area contributed by atoms with Crippen LogP contribution in [0.5, 0.6) is 11.5 Å². The maximum absolute atomic E-state index is 12.7. The van der Waals surface area contributed by atoms with Crippen molar-refractivity contribution in [1.82, 2.24) is 4.90 Å². The molecule has 1 N–H and O–H groups in total. The highest BCUT2D eigenvalue weighted by Crippen LogP contribution is 2.35. The van der Waals surface area contributed by atoms with Crippen molar-refractivity contribution in [2.45, 2.75) is 26.4 Å². The molecule has 0 unspecified atom stereocenters. The van der Waals surface area contributed by atoms with E-state index in [0.717, 1.165) is 36.6 Å². The van der Waals surface area contributed by atoms with Gasteiger partial charge in [-0.2, -0.15) is 0 Å². The normalized spacial score (nSPS) is 18.6. The average Bonchev–Trinajstić information content (AvgIpc) is 3.11. The summed E-state index contributed by atoms with van der Waals surface area (Å²) in [5, 5.41) is 0. The number of aromatic nitrogens is 1. The third kappa shape index (κ3) is 4.36. The zero-order valence-corrected chi connectivity index (χ0v) is 17.1. The number of pyridine rings is 1. The number of carbonyl (C=O) groups is 1. The fourth-order valence-corrected chi connectivity index (χ4v) is 3.91. The highest BCUT2D eigenvalue weighted by Gasteiger charge is 2.22. The van der Waals surface area contributed by atoms with E-state index in [4.69, 9.17) is 9.47 Å². The Kier molecular flexibility index (Phi) is 5.69. The number of carbonyl (C=O) groups excluding carboxylic acids is 1. The van der Waals surface area contributed by atoms with E-state index in [1.807, 2.05) is 42.4 Å². The molecule has 2 aliphatic rings. The summed E-state index contributed by atoms with van der Waals surface area (Å²) < 4.78 is 11.7. The van der Waals surface area contributed by atoms with E-state index in [-0.39, 0.29) is 12.0 Å². The summed E-state index contributed by atoms with van der Waals surface area (Å²) in [5.74, 6) is 1.73. The summed E-state index contributed by atoms with van der Waals surface area (Å²) in [7, 11) is 0. The molecule has 6 heteroatoms. The molecule has 6 nitrogen and oxygen atoms in total. The number of rotatable bonds is 5. The first-order chi connectivity index (χ1) is 14.1. The minimum atomic E-state index is 0.0308. The SMILES string of the molecule is CCOc1cc2c(cc1/C=C/C(=O)N1CCN(c3cc[nH+]cc3)CC1)O[C@@H](C)C2. The zero-order chi connectivity index (χ0) is 20.2. The predicted molar refractivity (Wildman–Crippen MR) is 112 cm³/mol. The van der Waals surface area contributed by atoms with Gasteiger partial charge in [0.1, 0.15) is 17.6 Å². The maximum Gasteiger partial charge on any atom is 0.246 e. The molecule has 4 rings (SSSR count). The van der Waals surface area contributed by atoms with Crippen LogP contribution < -0.4 is 19.4 Å². The Hall–Kier alpha value is -3.02. The Morgan fingerprint density at radius 3 is 2.72 bits per heavy atom. The number of ether oxygens (including phenoxy) is 2. The lowest BCUT2D eigenvalue weighted by Crippen LogP contribution is -2.48. The predicted octanol–water partition coefficient (Wildman–Crippen LogP) is 2.58. The molecule has 0 spiro atoms. The number of fused-ring (bicyclic) bond motifs is 1. The number of amides is 1. The smallest absolute Gasteiger partial charge is 0.246 e. The molecule has 1 fully saturated rings. The van der Waals surface area contributed by atoms with Crippen molar-refractivity contribution in [2.75, 3.05) is 37.7 Å². The zero-order valence-electron chi connectivity index (χ0n) is 17.1. The molecule has 1 amide bonds. The number of anilines is 1. The standard InChI is InChI=1S/C23H27N3O3/c1-3-28-21-16-19-14-17(2)29-22(19)15-18(21)4-5-23(27)26-12-10-25(11-13-26)20-6-8-24-9-7-20/h4-9,15-17H,3,10-14H2,1-2H3/p+1/b5-4+/t17-/m0/s1. The van der Waals surface area contributed by atoms with Crippen molar-refractivity contribution >= 4 is 17.7 Å². The summed E-state index contributed by atoms with van der Waals surface area (Å²) in [5.41, 5.74) is 3.23. The van der Waals surface area contributed by atoms with Gasteiger partial charge in [-0.25, -0.2) is 4.98 Å². The Morgan fingerprint density at radius 1 is 1.24 bits per heavy atom. The van der Waals surface area contributed by atoms with Crippen molar-refractivity contribution in [3.63, 3.8) is 0 Å². The number of piperazine rings is 1. The summed E-state index contributed by atoms with van der Waals surface area (Å²) in [6, 6.07) is 8.15. The molecule has 152 valence electrons. The van der Waals surface area contributed by atoms with Crippen LogP contribution in [-0.4, -0.2) is 49.7 Å². The number of nitrogens with one attached hydrogen (secondary N) is 1. The van der Waals surface area contributed by atoms with Crippen molar-refractivity contribution in [1.29, 1.82) is 0 Å². The first-order valence-corrected chi connectivity index (χ1v) is 10.3. The lowest BCUT2D eigenvalue weighted by Gasteiger charge is -2.35. The van der Waals surface area contributed by atoms with Crippen molar-refractivity contribution in [3.05, 3.63) is 53.9 Å². The van der Waals surface area contributed by atoms with Gasteiger partial charge in [0.25, 0.3) is 0 Å². The molecular weight excluding hydrogens is 366 g/mol. The lowest BCUT2D eigenvalue weighted by molar-refractivity contribution is -0.377. The number of hydrogen-bond donors (Lipinski definition) is 0. The second-order valence-electron chi connectivity index (χ2n) is 7.47. The van der Waals surface area contributed by atoms with Crippen LogP contribution in [0.25, 0.3) is 6.08 Å². The summed E-state index contributed by atoms with van der Waals surface area (Å²) in [4.78, 5) is 20.0. The molecular formula is C23H28N3O3+. The monoisotopic (exact) mass is 394 g/mol. The summed E-state index contributed by atoms with van der Waals surface area (Å²) >= 11 is 0. The highest BCUT2D eigenvalue weighted by atomic mass is 16.5. The Morgan fingerprint density at radius 2 is 2.00 bits per heavy atom. The number of hydrogen-bond acceptors (Lipinski definition) is 4. The number of aromatic amines is 1. The fourth-order valence-electron chi connectivity index (χ4n) is 3.91. The van der Waals surface area contributed by atoms with Crippen molar-refractivity contribution < 1.29 is 19.3 Å². The van der Waals surface area contributed by atoms with Gasteiger partial charge in [0.15, 0.2) is 12.4 Å². The first-order valence-electron chi connectivity index (χ1n) is 10.3. The molecule has 1 aromatic carbocycles. The number of H-pyrrole nitrogens is 1. The molecule has 1 atom stereocenters. The fraction of sp³-hybridized carbons (Fsp3) is 0.391. The Bertz CT molecular complexity index is 890.